The molecule has 0 bridgehead atoms. The second-order valence-electron chi connectivity index (χ2n) is 5.53. The Morgan fingerprint density at radius 2 is 1.95 bits per heavy atom. The minimum atomic E-state index is -3.06. The van der Waals surface area contributed by atoms with E-state index >= 15 is 0 Å². The minimum Gasteiger partial charge on any atom is -0.481 e. The molecule has 2 aliphatic heterocycles. The van der Waals surface area contributed by atoms with E-state index in [1.807, 2.05) is 0 Å². The molecule has 2 fully saturated rings. The van der Waals surface area contributed by atoms with Gasteiger partial charge >= 0.3 is 12.0 Å². The highest BCUT2D eigenvalue weighted by molar-refractivity contribution is 7.91. The monoisotopic (exact) mass is 304 g/mol. The van der Waals surface area contributed by atoms with Crippen molar-refractivity contribution in [2.75, 3.05) is 24.6 Å². The third kappa shape index (κ3) is 3.84. The average Bonchev–Trinajstić information content (AvgIpc) is 2.37. The van der Waals surface area contributed by atoms with Gasteiger partial charge < -0.3 is 15.3 Å². The smallest absolute Gasteiger partial charge is 0.317 e. The largest absolute Gasteiger partial charge is 0.481 e. The van der Waals surface area contributed by atoms with Crippen LogP contribution in [0.15, 0.2) is 0 Å². The normalized spacial score (nSPS) is 29.7. The van der Waals surface area contributed by atoms with Crippen molar-refractivity contribution in [3.05, 3.63) is 0 Å². The predicted molar refractivity (Wildman–Crippen MR) is 72.1 cm³/mol. The van der Waals surface area contributed by atoms with Gasteiger partial charge in [-0.2, -0.15) is 0 Å². The van der Waals surface area contributed by atoms with Crippen LogP contribution in [0.1, 0.15) is 25.7 Å². The highest BCUT2D eigenvalue weighted by Gasteiger charge is 2.31. The van der Waals surface area contributed by atoms with E-state index in [4.69, 9.17) is 5.11 Å². The van der Waals surface area contributed by atoms with E-state index < -0.39 is 21.7 Å². The van der Waals surface area contributed by atoms with Gasteiger partial charge in [0.2, 0.25) is 0 Å². The van der Waals surface area contributed by atoms with Gasteiger partial charge in [0, 0.05) is 19.1 Å². The van der Waals surface area contributed by atoms with Gasteiger partial charge in [-0.3, -0.25) is 4.79 Å². The first-order valence-electron chi connectivity index (χ1n) is 6.86. The fourth-order valence-electron chi connectivity index (χ4n) is 2.77. The topological polar surface area (TPSA) is 104 Å². The summed E-state index contributed by atoms with van der Waals surface area (Å²) in [7, 11) is -3.06. The molecule has 2 amide bonds. The van der Waals surface area contributed by atoms with Gasteiger partial charge in [0.1, 0.15) is 0 Å². The number of hydrogen-bond donors (Lipinski definition) is 2. The number of urea groups is 1. The molecule has 0 radical (unpaired) electrons. The van der Waals surface area contributed by atoms with E-state index in [0.717, 1.165) is 0 Å². The van der Waals surface area contributed by atoms with E-state index in [0.29, 0.717) is 32.2 Å². The molecule has 2 saturated heterocycles. The number of carboxylic acid groups (broad SMARTS) is 1. The van der Waals surface area contributed by atoms with Crippen LogP contribution in [0.5, 0.6) is 0 Å². The van der Waals surface area contributed by atoms with Crippen LogP contribution in [0.25, 0.3) is 0 Å². The molecule has 0 aliphatic carbocycles. The zero-order valence-corrected chi connectivity index (χ0v) is 12.1. The summed E-state index contributed by atoms with van der Waals surface area (Å²) in [5.41, 5.74) is 0. The number of hydrogen-bond acceptors (Lipinski definition) is 4. The van der Waals surface area contributed by atoms with Gasteiger partial charge in [-0.05, 0) is 25.7 Å². The second kappa shape index (κ2) is 5.99. The quantitative estimate of drug-likeness (QED) is 0.751. The Balaban J connectivity index is 1.89. The van der Waals surface area contributed by atoms with Gasteiger partial charge in [-0.25, -0.2) is 13.2 Å². The highest BCUT2D eigenvalue weighted by atomic mass is 32.2. The number of carbonyl (C=O) groups is 2. The lowest BCUT2D eigenvalue weighted by atomic mass is 9.99. The van der Waals surface area contributed by atoms with E-state index in [-0.39, 0.29) is 30.1 Å². The number of nitrogens with one attached hydrogen (secondary N) is 1. The molecule has 2 rings (SSSR count). The minimum absolute atomic E-state index is 0.0189. The fourth-order valence-corrected chi connectivity index (χ4v) is 4.40. The molecule has 2 aliphatic rings. The van der Waals surface area contributed by atoms with Crippen molar-refractivity contribution >= 4 is 21.8 Å². The van der Waals surface area contributed by atoms with Gasteiger partial charge in [0.15, 0.2) is 9.84 Å². The van der Waals surface area contributed by atoms with Crippen molar-refractivity contribution in [3.8, 4) is 0 Å². The third-order valence-corrected chi connectivity index (χ3v) is 5.67. The number of nitrogens with zero attached hydrogens (tertiary/aromatic N) is 1. The zero-order valence-electron chi connectivity index (χ0n) is 11.2. The van der Waals surface area contributed by atoms with Gasteiger partial charge in [-0.1, -0.05) is 0 Å². The second-order valence-corrected chi connectivity index (χ2v) is 7.76. The van der Waals surface area contributed by atoms with Crippen LogP contribution in [0, 0.1) is 5.92 Å². The highest BCUT2D eigenvalue weighted by Crippen LogP contribution is 2.18. The van der Waals surface area contributed by atoms with Gasteiger partial charge in [-0.15, -0.1) is 0 Å². The Bertz CT molecular complexity index is 490. The summed E-state index contributed by atoms with van der Waals surface area (Å²) in [6.45, 7) is 0.718. The molecule has 2 unspecified atom stereocenters. The summed E-state index contributed by atoms with van der Waals surface area (Å²) >= 11 is 0. The number of amides is 2. The average molecular weight is 304 g/mol. The lowest BCUT2D eigenvalue weighted by molar-refractivity contribution is -0.143. The Morgan fingerprint density at radius 1 is 1.20 bits per heavy atom. The maximum atomic E-state index is 12.1. The standard InChI is InChI=1S/C12H20N2O5S/c15-11(16)9-3-1-5-14(7-9)12(17)13-10-4-2-6-20(18,19)8-10/h9-10H,1-8H2,(H,13,17)(H,15,16). The van der Waals surface area contributed by atoms with Crippen molar-refractivity contribution in [1.82, 2.24) is 10.2 Å². The van der Waals surface area contributed by atoms with E-state index in [1.54, 1.807) is 0 Å². The first-order chi connectivity index (χ1) is 9.37. The number of aliphatic carboxylic acids is 1. The Hall–Kier alpha value is -1.31. The summed E-state index contributed by atoms with van der Waals surface area (Å²) in [6.07, 6.45) is 2.45. The molecule has 0 aromatic heterocycles. The summed E-state index contributed by atoms with van der Waals surface area (Å²) in [5, 5.41) is 11.7. The molecule has 2 N–H and O–H groups in total. The van der Waals surface area contributed by atoms with E-state index in [2.05, 4.69) is 5.32 Å². The summed E-state index contributed by atoms with van der Waals surface area (Å²) in [6, 6.07) is -0.704. The molecule has 0 saturated carbocycles. The number of carbonyl (C=O) groups excluding carboxylic acids is 1. The van der Waals surface area contributed by atoms with Crippen molar-refractivity contribution in [2.45, 2.75) is 31.7 Å². The summed E-state index contributed by atoms with van der Waals surface area (Å²) in [5.74, 6) is -1.24. The van der Waals surface area contributed by atoms with E-state index in [1.165, 1.54) is 4.90 Å². The van der Waals surface area contributed by atoms with Crippen LogP contribution in [0.2, 0.25) is 0 Å². The Kier molecular flexibility index (Phi) is 4.52. The first kappa shape index (κ1) is 15.1. The molecule has 2 atom stereocenters. The maximum Gasteiger partial charge on any atom is 0.317 e. The Morgan fingerprint density at radius 3 is 2.60 bits per heavy atom. The van der Waals surface area contributed by atoms with Crippen LogP contribution >= 0.6 is 0 Å². The van der Waals surface area contributed by atoms with Crippen LogP contribution in [0.3, 0.4) is 0 Å². The number of piperidine rings is 1. The van der Waals surface area contributed by atoms with E-state index in [9.17, 15) is 18.0 Å². The number of rotatable bonds is 2. The third-order valence-electron chi connectivity index (χ3n) is 3.85. The van der Waals surface area contributed by atoms with Crippen molar-refractivity contribution in [2.24, 2.45) is 5.92 Å². The molecule has 114 valence electrons. The SMILES string of the molecule is O=C(O)C1CCCN(C(=O)NC2CCCS(=O)(=O)C2)C1. The Labute approximate surface area is 118 Å². The zero-order chi connectivity index (χ0) is 14.8. The molecule has 7 nitrogen and oxygen atoms in total. The lowest BCUT2D eigenvalue weighted by Gasteiger charge is -2.33. The molecule has 0 aromatic carbocycles. The predicted octanol–water partition coefficient (Wildman–Crippen LogP) is 0.0698. The van der Waals surface area contributed by atoms with Crippen LogP contribution in [0.4, 0.5) is 4.79 Å². The van der Waals surface area contributed by atoms with Gasteiger partial charge in [0.25, 0.3) is 0 Å². The maximum absolute atomic E-state index is 12.1. The number of carboxylic acids is 1. The van der Waals surface area contributed by atoms with Gasteiger partial charge in [0.05, 0.1) is 17.4 Å². The molecular weight excluding hydrogens is 284 g/mol. The lowest BCUT2D eigenvalue weighted by Crippen LogP contribution is -2.52. The fraction of sp³-hybridized carbons (Fsp3) is 0.833. The van der Waals surface area contributed by atoms with Crippen LogP contribution in [-0.4, -0.2) is 61.1 Å². The van der Waals surface area contributed by atoms with Crippen LogP contribution < -0.4 is 5.32 Å². The molecule has 20 heavy (non-hydrogen) atoms. The summed E-state index contributed by atoms with van der Waals surface area (Å²) in [4.78, 5) is 24.5. The molecule has 0 aromatic rings. The van der Waals surface area contributed by atoms with Crippen LogP contribution in [-0.2, 0) is 14.6 Å². The molecule has 8 heteroatoms. The molecular formula is C12H20N2O5S. The number of sulfone groups is 1. The van der Waals surface area contributed by atoms with Crippen molar-refractivity contribution in [3.63, 3.8) is 0 Å². The first-order valence-corrected chi connectivity index (χ1v) is 8.68. The molecule has 2 heterocycles. The molecule has 0 spiro atoms. The van der Waals surface area contributed by atoms with Crippen molar-refractivity contribution in [1.29, 1.82) is 0 Å². The van der Waals surface area contributed by atoms with Crippen molar-refractivity contribution < 1.29 is 23.1 Å². The summed E-state index contributed by atoms with van der Waals surface area (Å²) < 4.78 is 23.0. The number of likely N-dealkylation sites (tertiary alicyclic amines) is 1.